The monoisotopic (exact) mass is 357 g/mol. The van der Waals surface area contributed by atoms with Gasteiger partial charge in [0.1, 0.15) is 5.75 Å². The van der Waals surface area contributed by atoms with Crippen molar-refractivity contribution in [3.8, 4) is 16.9 Å². The highest BCUT2D eigenvalue weighted by atomic mass is 32.2. The van der Waals surface area contributed by atoms with Crippen LogP contribution in [-0.2, 0) is 9.84 Å². The molecule has 0 bridgehead atoms. The van der Waals surface area contributed by atoms with Crippen LogP contribution in [-0.4, -0.2) is 26.3 Å². The molecule has 5 nitrogen and oxygen atoms in total. The van der Waals surface area contributed by atoms with Gasteiger partial charge in [0.2, 0.25) is 0 Å². The number of fused-ring (bicyclic) bond motifs is 1. The molecule has 0 radical (unpaired) electrons. The summed E-state index contributed by atoms with van der Waals surface area (Å²) in [6.45, 7) is 2.52. The molecule has 0 atom stereocenters. The SMILES string of the molecule is CCCOc1ccc(S(C)(=O)=O)cc1-c1c[nH]c(=O)c2ccccc12. The number of benzene rings is 2. The molecule has 0 fully saturated rings. The Hall–Kier alpha value is -2.60. The van der Waals surface area contributed by atoms with Crippen LogP contribution < -0.4 is 10.3 Å². The van der Waals surface area contributed by atoms with E-state index in [1.165, 1.54) is 12.3 Å². The number of rotatable bonds is 5. The Morgan fingerprint density at radius 1 is 1.04 bits per heavy atom. The van der Waals surface area contributed by atoms with Gasteiger partial charge in [-0.1, -0.05) is 25.1 Å². The van der Waals surface area contributed by atoms with E-state index in [1.807, 2.05) is 19.1 Å². The van der Waals surface area contributed by atoms with E-state index in [2.05, 4.69) is 4.98 Å². The van der Waals surface area contributed by atoms with Crippen molar-refractivity contribution < 1.29 is 13.2 Å². The zero-order valence-electron chi connectivity index (χ0n) is 14.1. The van der Waals surface area contributed by atoms with E-state index in [0.29, 0.717) is 23.3 Å². The van der Waals surface area contributed by atoms with E-state index in [4.69, 9.17) is 4.74 Å². The van der Waals surface area contributed by atoms with Gasteiger partial charge in [-0.3, -0.25) is 4.79 Å². The normalized spacial score (nSPS) is 11.6. The number of aromatic nitrogens is 1. The van der Waals surface area contributed by atoms with E-state index in [9.17, 15) is 13.2 Å². The highest BCUT2D eigenvalue weighted by molar-refractivity contribution is 7.90. The van der Waals surface area contributed by atoms with Crippen LogP contribution in [0.5, 0.6) is 5.75 Å². The Balaban J connectivity index is 2.31. The van der Waals surface area contributed by atoms with Gasteiger partial charge in [0, 0.05) is 29.0 Å². The number of hydrogen-bond acceptors (Lipinski definition) is 4. The summed E-state index contributed by atoms with van der Waals surface area (Å²) in [6, 6.07) is 12.0. The first-order valence-corrected chi connectivity index (χ1v) is 9.88. The van der Waals surface area contributed by atoms with Crippen molar-refractivity contribution in [2.45, 2.75) is 18.2 Å². The van der Waals surface area contributed by atoms with Gasteiger partial charge in [0.25, 0.3) is 5.56 Å². The van der Waals surface area contributed by atoms with Crippen molar-refractivity contribution in [1.82, 2.24) is 4.98 Å². The first-order chi connectivity index (χ1) is 11.9. The van der Waals surface area contributed by atoms with E-state index >= 15 is 0 Å². The molecule has 0 saturated heterocycles. The number of hydrogen-bond donors (Lipinski definition) is 1. The van der Waals surface area contributed by atoms with Crippen molar-refractivity contribution in [1.29, 1.82) is 0 Å². The van der Waals surface area contributed by atoms with Crippen molar-refractivity contribution >= 4 is 20.6 Å². The molecule has 3 rings (SSSR count). The van der Waals surface area contributed by atoms with Crippen LogP contribution in [0.1, 0.15) is 13.3 Å². The van der Waals surface area contributed by atoms with Crippen LogP contribution in [0, 0.1) is 0 Å². The second-order valence-corrected chi connectivity index (χ2v) is 7.87. The van der Waals surface area contributed by atoms with Crippen LogP contribution in [0.3, 0.4) is 0 Å². The lowest BCUT2D eigenvalue weighted by molar-refractivity contribution is 0.318. The maximum absolute atomic E-state index is 12.1. The van der Waals surface area contributed by atoms with Crippen LogP contribution in [0.2, 0.25) is 0 Å². The smallest absolute Gasteiger partial charge is 0.255 e. The summed E-state index contributed by atoms with van der Waals surface area (Å²) in [4.78, 5) is 15.0. The average Bonchev–Trinajstić information content (AvgIpc) is 2.60. The lowest BCUT2D eigenvalue weighted by Gasteiger charge is -2.14. The third-order valence-electron chi connectivity index (χ3n) is 3.94. The molecule has 0 saturated carbocycles. The molecule has 0 unspecified atom stereocenters. The van der Waals surface area contributed by atoms with Gasteiger partial charge < -0.3 is 9.72 Å². The molecule has 130 valence electrons. The molecule has 3 aromatic rings. The van der Waals surface area contributed by atoms with Crippen LogP contribution in [0.25, 0.3) is 21.9 Å². The summed E-state index contributed by atoms with van der Waals surface area (Å²) in [7, 11) is -3.36. The molecule has 0 amide bonds. The zero-order valence-corrected chi connectivity index (χ0v) is 14.9. The molecule has 1 aromatic heterocycles. The van der Waals surface area contributed by atoms with Crippen LogP contribution in [0.4, 0.5) is 0 Å². The number of aromatic amines is 1. The van der Waals surface area contributed by atoms with Crippen LogP contribution >= 0.6 is 0 Å². The molecular formula is C19H19NO4S. The topological polar surface area (TPSA) is 76.2 Å². The lowest BCUT2D eigenvalue weighted by atomic mass is 10.00. The quantitative estimate of drug-likeness (QED) is 0.759. The van der Waals surface area contributed by atoms with Crippen molar-refractivity contribution in [3.05, 3.63) is 59.0 Å². The summed E-state index contributed by atoms with van der Waals surface area (Å²) >= 11 is 0. The van der Waals surface area contributed by atoms with Gasteiger partial charge in [-0.25, -0.2) is 8.42 Å². The third-order valence-corrected chi connectivity index (χ3v) is 5.05. The average molecular weight is 357 g/mol. The van der Waals surface area contributed by atoms with E-state index < -0.39 is 9.84 Å². The Bertz CT molecular complexity index is 1080. The van der Waals surface area contributed by atoms with Gasteiger partial charge in [-0.05, 0) is 36.1 Å². The van der Waals surface area contributed by atoms with Gasteiger partial charge in [0.15, 0.2) is 9.84 Å². The maximum Gasteiger partial charge on any atom is 0.255 e. The second kappa shape index (κ2) is 6.72. The predicted molar refractivity (Wildman–Crippen MR) is 98.9 cm³/mol. The minimum Gasteiger partial charge on any atom is -0.493 e. The number of pyridine rings is 1. The summed E-state index contributed by atoms with van der Waals surface area (Å²) in [6.07, 6.45) is 3.61. The molecule has 25 heavy (non-hydrogen) atoms. The van der Waals surface area contributed by atoms with Crippen LogP contribution in [0.15, 0.2) is 58.4 Å². The summed E-state index contributed by atoms with van der Waals surface area (Å²) in [5, 5.41) is 1.30. The third kappa shape index (κ3) is 3.44. The summed E-state index contributed by atoms with van der Waals surface area (Å²) in [5.74, 6) is 0.589. The molecular weight excluding hydrogens is 338 g/mol. The molecule has 0 aliphatic heterocycles. The molecule has 2 aromatic carbocycles. The van der Waals surface area contributed by atoms with Gasteiger partial charge in [-0.2, -0.15) is 0 Å². The molecule has 0 spiro atoms. The maximum atomic E-state index is 12.1. The fourth-order valence-electron chi connectivity index (χ4n) is 2.72. The number of H-pyrrole nitrogens is 1. The molecule has 1 N–H and O–H groups in total. The summed E-state index contributed by atoms with van der Waals surface area (Å²) in [5.41, 5.74) is 1.19. The first kappa shape index (κ1) is 17.2. The minimum absolute atomic E-state index is 0.186. The Labute approximate surface area is 146 Å². The molecule has 0 aliphatic rings. The first-order valence-electron chi connectivity index (χ1n) is 7.99. The molecule has 6 heteroatoms. The Kier molecular flexibility index (Phi) is 4.63. The molecule has 1 heterocycles. The highest BCUT2D eigenvalue weighted by Gasteiger charge is 2.16. The second-order valence-electron chi connectivity index (χ2n) is 5.86. The van der Waals surface area contributed by atoms with Gasteiger partial charge >= 0.3 is 0 Å². The minimum atomic E-state index is -3.36. The Morgan fingerprint density at radius 3 is 2.44 bits per heavy atom. The number of sulfone groups is 1. The lowest BCUT2D eigenvalue weighted by Crippen LogP contribution is -2.07. The van der Waals surface area contributed by atoms with Crippen molar-refractivity contribution in [2.24, 2.45) is 0 Å². The largest absolute Gasteiger partial charge is 0.493 e. The Morgan fingerprint density at radius 2 is 1.76 bits per heavy atom. The fourth-order valence-corrected chi connectivity index (χ4v) is 3.37. The standard InChI is InChI=1S/C19H19NO4S/c1-3-10-24-18-9-8-13(25(2,22)23)11-16(18)17-12-20-19(21)15-7-5-4-6-14(15)17/h4-9,11-12H,3,10H2,1-2H3,(H,20,21). The van der Waals surface area contributed by atoms with Crippen molar-refractivity contribution in [2.75, 3.05) is 12.9 Å². The van der Waals surface area contributed by atoms with E-state index in [0.717, 1.165) is 17.4 Å². The van der Waals surface area contributed by atoms with Crippen molar-refractivity contribution in [3.63, 3.8) is 0 Å². The highest BCUT2D eigenvalue weighted by Crippen LogP contribution is 2.35. The summed E-state index contributed by atoms with van der Waals surface area (Å²) < 4.78 is 29.7. The number of nitrogens with one attached hydrogen (secondary N) is 1. The van der Waals surface area contributed by atoms with E-state index in [1.54, 1.807) is 30.5 Å². The van der Waals surface area contributed by atoms with Gasteiger partial charge in [-0.15, -0.1) is 0 Å². The fraction of sp³-hybridized carbons (Fsp3) is 0.211. The van der Waals surface area contributed by atoms with Gasteiger partial charge in [0.05, 0.1) is 11.5 Å². The zero-order chi connectivity index (χ0) is 18.0. The van der Waals surface area contributed by atoms with E-state index in [-0.39, 0.29) is 10.5 Å². The predicted octanol–water partition coefficient (Wildman–Crippen LogP) is 3.39. The molecule has 0 aliphatic carbocycles. The number of ether oxygens (including phenoxy) is 1.